The van der Waals surface area contributed by atoms with E-state index >= 15 is 0 Å². The molecule has 0 fully saturated rings. The number of nitrogens with one attached hydrogen (secondary N) is 2. The summed E-state index contributed by atoms with van der Waals surface area (Å²) in [5.41, 5.74) is 1.93. The van der Waals surface area contributed by atoms with Gasteiger partial charge in [0.15, 0.2) is 10.9 Å². The number of amides is 1. The Balaban J connectivity index is 1.95. The van der Waals surface area contributed by atoms with E-state index in [-0.39, 0.29) is 16.8 Å². The van der Waals surface area contributed by atoms with Crippen LogP contribution >= 0.6 is 23.8 Å². The molecule has 2 aromatic rings. The smallest absolute Gasteiger partial charge is 0.250 e. The van der Waals surface area contributed by atoms with Crippen LogP contribution in [0.3, 0.4) is 0 Å². The van der Waals surface area contributed by atoms with Crippen molar-refractivity contribution in [3.8, 4) is 0 Å². The van der Waals surface area contributed by atoms with E-state index in [0.717, 1.165) is 5.56 Å². The maximum atomic E-state index is 11.9. The monoisotopic (exact) mass is 358 g/mol. The highest BCUT2D eigenvalue weighted by Crippen LogP contribution is 2.16. The Hall–Kier alpha value is -2.50. The van der Waals surface area contributed by atoms with Gasteiger partial charge in [-0.3, -0.25) is 14.9 Å². The first-order chi connectivity index (χ1) is 11.5. The molecule has 4 nitrogen and oxygen atoms in total. The van der Waals surface area contributed by atoms with Crippen molar-refractivity contribution in [2.24, 2.45) is 0 Å². The summed E-state index contributed by atoms with van der Waals surface area (Å²) < 4.78 is 0. The Morgan fingerprint density at radius 2 is 1.88 bits per heavy atom. The molecular weight excluding hydrogens is 344 g/mol. The maximum Gasteiger partial charge on any atom is 0.250 e. The molecule has 0 unspecified atom stereocenters. The molecule has 2 N–H and O–H groups in total. The Bertz CT molecular complexity index is 818. The molecule has 0 saturated carbocycles. The lowest BCUT2D eigenvalue weighted by atomic mass is 10.1. The first-order valence-corrected chi connectivity index (χ1v) is 7.90. The number of halogens is 1. The van der Waals surface area contributed by atoms with Crippen molar-refractivity contribution >= 4 is 52.4 Å². The van der Waals surface area contributed by atoms with Crippen LogP contribution in [0.1, 0.15) is 22.8 Å². The largest absolute Gasteiger partial charge is 0.332 e. The van der Waals surface area contributed by atoms with Gasteiger partial charge in [0.1, 0.15) is 0 Å². The van der Waals surface area contributed by atoms with Gasteiger partial charge in [0.25, 0.3) is 0 Å². The molecule has 2 aromatic carbocycles. The van der Waals surface area contributed by atoms with E-state index in [0.29, 0.717) is 16.3 Å². The predicted molar refractivity (Wildman–Crippen MR) is 101 cm³/mol. The molecule has 0 heterocycles. The molecule has 0 aromatic heterocycles. The van der Waals surface area contributed by atoms with Crippen molar-refractivity contribution < 1.29 is 9.59 Å². The third-order valence-corrected chi connectivity index (χ3v) is 3.63. The maximum absolute atomic E-state index is 11.9. The van der Waals surface area contributed by atoms with Gasteiger partial charge in [-0.1, -0.05) is 41.9 Å². The van der Waals surface area contributed by atoms with E-state index in [9.17, 15) is 9.59 Å². The minimum absolute atomic E-state index is 0.0451. The zero-order valence-corrected chi connectivity index (χ0v) is 14.4. The minimum Gasteiger partial charge on any atom is -0.332 e. The molecule has 0 aliphatic rings. The van der Waals surface area contributed by atoms with Gasteiger partial charge in [-0.2, -0.15) is 0 Å². The average Bonchev–Trinajstić information content (AvgIpc) is 2.54. The Morgan fingerprint density at radius 1 is 1.12 bits per heavy atom. The predicted octanol–water partition coefficient (Wildman–Crippen LogP) is 4.07. The van der Waals surface area contributed by atoms with Crippen LogP contribution in [0.15, 0.2) is 54.6 Å². The Kier molecular flexibility index (Phi) is 6.23. The number of ketones is 1. The van der Waals surface area contributed by atoms with Crippen molar-refractivity contribution in [1.29, 1.82) is 0 Å². The molecule has 0 bridgehead atoms. The molecule has 0 saturated heterocycles. The molecule has 1 amide bonds. The van der Waals surface area contributed by atoms with Crippen molar-refractivity contribution in [2.75, 3.05) is 5.32 Å². The highest BCUT2D eigenvalue weighted by atomic mass is 35.5. The third kappa shape index (κ3) is 5.30. The van der Waals surface area contributed by atoms with Crippen LogP contribution in [0.5, 0.6) is 0 Å². The first kappa shape index (κ1) is 17.8. The van der Waals surface area contributed by atoms with Gasteiger partial charge in [-0.05, 0) is 49.0 Å². The molecule has 24 heavy (non-hydrogen) atoms. The highest BCUT2D eigenvalue weighted by Gasteiger charge is 2.04. The zero-order chi connectivity index (χ0) is 17.5. The highest BCUT2D eigenvalue weighted by molar-refractivity contribution is 7.80. The van der Waals surface area contributed by atoms with Gasteiger partial charge in [-0.15, -0.1) is 0 Å². The van der Waals surface area contributed by atoms with E-state index < -0.39 is 0 Å². The lowest BCUT2D eigenvalue weighted by molar-refractivity contribution is -0.115. The van der Waals surface area contributed by atoms with Crippen molar-refractivity contribution in [3.63, 3.8) is 0 Å². The quantitative estimate of drug-likeness (QED) is 0.491. The van der Waals surface area contributed by atoms with Gasteiger partial charge in [0.2, 0.25) is 5.91 Å². The molecule has 2 rings (SSSR count). The van der Waals surface area contributed by atoms with Crippen LogP contribution in [-0.4, -0.2) is 16.8 Å². The van der Waals surface area contributed by atoms with Crippen LogP contribution in [0.25, 0.3) is 6.08 Å². The van der Waals surface area contributed by atoms with Gasteiger partial charge in [0, 0.05) is 22.3 Å². The van der Waals surface area contributed by atoms with E-state index in [2.05, 4.69) is 10.6 Å². The van der Waals surface area contributed by atoms with E-state index in [4.69, 9.17) is 23.8 Å². The second-order valence-corrected chi connectivity index (χ2v) is 5.75. The Morgan fingerprint density at radius 3 is 2.58 bits per heavy atom. The summed E-state index contributed by atoms with van der Waals surface area (Å²) in [7, 11) is 0. The molecule has 0 spiro atoms. The molecule has 0 atom stereocenters. The molecular formula is C18H15ClN2O2S. The SMILES string of the molecule is CC(=O)c1cccc(NC(=S)NC(=O)/C=C/c2ccccc2Cl)c1. The van der Waals surface area contributed by atoms with Gasteiger partial charge < -0.3 is 5.32 Å². The summed E-state index contributed by atoms with van der Waals surface area (Å²) in [6.45, 7) is 1.48. The lowest BCUT2D eigenvalue weighted by Crippen LogP contribution is -2.32. The fourth-order valence-corrected chi connectivity index (χ4v) is 2.32. The third-order valence-electron chi connectivity index (χ3n) is 3.08. The van der Waals surface area contributed by atoms with Gasteiger partial charge in [0.05, 0.1) is 0 Å². The zero-order valence-electron chi connectivity index (χ0n) is 12.9. The fourth-order valence-electron chi connectivity index (χ4n) is 1.91. The molecule has 0 aliphatic heterocycles. The number of thiocarbonyl (C=S) groups is 1. The van der Waals surface area contributed by atoms with Gasteiger partial charge in [-0.25, -0.2) is 0 Å². The first-order valence-electron chi connectivity index (χ1n) is 7.11. The Labute approximate surface area is 150 Å². The number of hydrogen-bond donors (Lipinski definition) is 2. The second kappa shape index (κ2) is 8.38. The summed E-state index contributed by atoms with van der Waals surface area (Å²) in [6, 6.07) is 14.1. The summed E-state index contributed by atoms with van der Waals surface area (Å²) in [5, 5.41) is 6.10. The standard InChI is InChI=1S/C18H15ClN2O2S/c1-12(22)14-6-4-7-15(11-14)20-18(24)21-17(23)10-9-13-5-2-3-8-16(13)19/h2-11H,1H3,(H2,20,21,23,24)/b10-9+. The average molecular weight is 359 g/mol. The number of benzene rings is 2. The van der Waals surface area contributed by atoms with E-state index in [1.54, 1.807) is 42.5 Å². The van der Waals surface area contributed by atoms with Crippen LogP contribution in [0, 0.1) is 0 Å². The number of carbonyl (C=O) groups excluding carboxylic acids is 2. The number of hydrogen-bond acceptors (Lipinski definition) is 3. The molecule has 6 heteroatoms. The van der Waals surface area contributed by atoms with Crippen LogP contribution in [0.4, 0.5) is 5.69 Å². The number of anilines is 1. The van der Waals surface area contributed by atoms with Crippen LogP contribution in [0.2, 0.25) is 5.02 Å². The van der Waals surface area contributed by atoms with Crippen LogP contribution in [-0.2, 0) is 4.79 Å². The minimum atomic E-state index is -0.379. The lowest BCUT2D eigenvalue weighted by Gasteiger charge is -2.09. The van der Waals surface area contributed by atoms with Crippen molar-refractivity contribution in [1.82, 2.24) is 5.32 Å². The normalized spacial score (nSPS) is 10.4. The number of carbonyl (C=O) groups is 2. The van der Waals surface area contributed by atoms with Crippen molar-refractivity contribution in [3.05, 3.63) is 70.8 Å². The second-order valence-electron chi connectivity index (χ2n) is 4.94. The number of Topliss-reactive ketones (excluding diaryl/α,β-unsaturated/α-hetero) is 1. The van der Waals surface area contributed by atoms with E-state index in [1.165, 1.54) is 13.0 Å². The van der Waals surface area contributed by atoms with Crippen molar-refractivity contribution in [2.45, 2.75) is 6.92 Å². The van der Waals surface area contributed by atoms with E-state index in [1.807, 2.05) is 12.1 Å². The van der Waals surface area contributed by atoms with Crippen LogP contribution < -0.4 is 10.6 Å². The molecule has 122 valence electrons. The summed E-state index contributed by atoms with van der Waals surface area (Å²) >= 11 is 11.1. The summed E-state index contributed by atoms with van der Waals surface area (Å²) in [4.78, 5) is 23.2. The topological polar surface area (TPSA) is 58.2 Å². The fraction of sp³-hybridized carbons (Fsp3) is 0.0556. The van der Waals surface area contributed by atoms with Gasteiger partial charge >= 0.3 is 0 Å². The summed E-state index contributed by atoms with van der Waals surface area (Å²) in [5.74, 6) is -0.425. The molecule has 0 aliphatic carbocycles. The summed E-state index contributed by atoms with van der Waals surface area (Å²) in [6.07, 6.45) is 2.96. The number of rotatable bonds is 4. The molecule has 0 radical (unpaired) electrons.